The van der Waals surface area contributed by atoms with Gasteiger partial charge in [-0.2, -0.15) is 0 Å². The highest BCUT2D eigenvalue weighted by Gasteiger charge is 2.21. The van der Waals surface area contributed by atoms with Gasteiger partial charge in [-0.15, -0.1) is 0 Å². The molecule has 96 valence electrons. The van der Waals surface area contributed by atoms with E-state index in [2.05, 4.69) is 12.2 Å². The summed E-state index contributed by atoms with van der Waals surface area (Å²) < 4.78 is 10.6. The highest BCUT2D eigenvalue weighted by Crippen LogP contribution is 2.18. The minimum Gasteiger partial charge on any atom is -0.354 e. The predicted molar refractivity (Wildman–Crippen MR) is 70.4 cm³/mol. The molecule has 1 aromatic carbocycles. The molecule has 0 heterocycles. The van der Waals surface area contributed by atoms with Crippen molar-refractivity contribution in [2.75, 3.05) is 20.8 Å². The number of benzene rings is 1. The first-order valence-electron chi connectivity index (χ1n) is 5.75. The van der Waals surface area contributed by atoms with Crippen molar-refractivity contribution in [3.63, 3.8) is 0 Å². The van der Waals surface area contributed by atoms with Crippen molar-refractivity contribution in [2.45, 2.75) is 25.7 Å². The quantitative estimate of drug-likeness (QED) is 0.762. The standard InChI is InChI=1S/C13H20ClNO2/c1-4-15-12(13(16-2)17-3)9-10-7-5-6-8-11(10)14/h5-8,12-13,15H,4,9H2,1-3H3. The van der Waals surface area contributed by atoms with E-state index in [0.29, 0.717) is 0 Å². The summed E-state index contributed by atoms with van der Waals surface area (Å²) in [5.74, 6) is 0. The molecule has 1 rings (SSSR count). The molecule has 1 aromatic rings. The summed E-state index contributed by atoms with van der Waals surface area (Å²) >= 11 is 6.15. The molecule has 0 aliphatic rings. The van der Waals surface area contributed by atoms with E-state index < -0.39 is 0 Å². The van der Waals surface area contributed by atoms with Gasteiger partial charge in [0.25, 0.3) is 0 Å². The van der Waals surface area contributed by atoms with Crippen LogP contribution in [0.1, 0.15) is 12.5 Å². The number of hydrogen-bond acceptors (Lipinski definition) is 3. The van der Waals surface area contributed by atoms with E-state index >= 15 is 0 Å². The van der Waals surface area contributed by atoms with E-state index in [-0.39, 0.29) is 12.3 Å². The van der Waals surface area contributed by atoms with Crippen molar-refractivity contribution in [3.05, 3.63) is 34.9 Å². The van der Waals surface area contributed by atoms with Gasteiger partial charge in [0.2, 0.25) is 0 Å². The normalized spacial score (nSPS) is 13.0. The molecular formula is C13H20ClNO2. The molecule has 0 aliphatic heterocycles. The van der Waals surface area contributed by atoms with Crippen molar-refractivity contribution in [2.24, 2.45) is 0 Å². The molecule has 1 unspecified atom stereocenters. The minimum atomic E-state index is -0.272. The number of rotatable bonds is 7. The second kappa shape index (κ2) is 7.67. The van der Waals surface area contributed by atoms with Crippen molar-refractivity contribution in [1.29, 1.82) is 0 Å². The number of ether oxygens (including phenoxy) is 2. The van der Waals surface area contributed by atoms with Gasteiger partial charge in [0.05, 0.1) is 6.04 Å². The summed E-state index contributed by atoms with van der Waals surface area (Å²) in [5.41, 5.74) is 1.10. The molecule has 0 saturated carbocycles. The summed E-state index contributed by atoms with van der Waals surface area (Å²) in [7, 11) is 3.29. The largest absolute Gasteiger partial charge is 0.354 e. The summed E-state index contributed by atoms with van der Waals surface area (Å²) in [6.45, 7) is 2.92. The lowest BCUT2D eigenvalue weighted by molar-refractivity contribution is -0.122. The number of hydrogen-bond donors (Lipinski definition) is 1. The van der Waals surface area contributed by atoms with Gasteiger partial charge in [-0.1, -0.05) is 36.7 Å². The zero-order chi connectivity index (χ0) is 12.7. The van der Waals surface area contributed by atoms with Gasteiger partial charge in [-0.25, -0.2) is 0 Å². The van der Waals surface area contributed by atoms with Crippen LogP contribution in [0.3, 0.4) is 0 Å². The molecule has 1 N–H and O–H groups in total. The monoisotopic (exact) mass is 257 g/mol. The molecule has 0 fully saturated rings. The lowest BCUT2D eigenvalue weighted by atomic mass is 10.1. The van der Waals surface area contributed by atoms with Crippen LogP contribution in [0.5, 0.6) is 0 Å². The molecule has 0 aromatic heterocycles. The summed E-state index contributed by atoms with van der Waals surface area (Å²) in [5, 5.41) is 4.13. The van der Waals surface area contributed by atoms with Crippen molar-refractivity contribution in [3.8, 4) is 0 Å². The maximum absolute atomic E-state index is 6.15. The van der Waals surface area contributed by atoms with Crippen LogP contribution in [-0.2, 0) is 15.9 Å². The van der Waals surface area contributed by atoms with Crippen LogP contribution in [-0.4, -0.2) is 33.1 Å². The molecule has 3 nitrogen and oxygen atoms in total. The Morgan fingerprint density at radius 1 is 1.24 bits per heavy atom. The summed E-state index contributed by atoms with van der Waals surface area (Å²) in [4.78, 5) is 0. The van der Waals surface area contributed by atoms with E-state index in [4.69, 9.17) is 21.1 Å². The zero-order valence-corrected chi connectivity index (χ0v) is 11.3. The average molecular weight is 258 g/mol. The molecular weight excluding hydrogens is 238 g/mol. The molecule has 0 amide bonds. The molecule has 4 heteroatoms. The van der Waals surface area contributed by atoms with Gasteiger partial charge in [-0.3, -0.25) is 0 Å². The van der Waals surface area contributed by atoms with Crippen LogP contribution in [0.25, 0.3) is 0 Å². The summed E-state index contributed by atoms with van der Waals surface area (Å²) in [6.07, 6.45) is 0.506. The van der Waals surface area contributed by atoms with Crippen LogP contribution < -0.4 is 5.32 Å². The van der Waals surface area contributed by atoms with Crippen LogP contribution in [0.2, 0.25) is 5.02 Å². The molecule has 0 saturated heterocycles. The minimum absolute atomic E-state index is 0.0925. The number of nitrogens with one attached hydrogen (secondary N) is 1. The Balaban J connectivity index is 2.75. The first-order chi connectivity index (χ1) is 8.22. The molecule has 0 aliphatic carbocycles. The van der Waals surface area contributed by atoms with E-state index in [1.807, 2.05) is 24.3 Å². The van der Waals surface area contributed by atoms with Crippen molar-refractivity contribution in [1.82, 2.24) is 5.32 Å². The third-order valence-electron chi connectivity index (χ3n) is 2.66. The van der Waals surface area contributed by atoms with Gasteiger partial charge in [0.1, 0.15) is 0 Å². The van der Waals surface area contributed by atoms with Gasteiger partial charge in [0.15, 0.2) is 6.29 Å². The first kappa shape index (κ1) is 14.5. The van der Waals surface area contributed by atoms with E-state index in [9.17, 15) is 0 Å². The molecule has 0 spiro atoms. The maximum atomic E-state index is 6.15. The molecule has 0 bridgehead atoms. The smallest absolute Gasteiger partial charge is 0.172 e. The molecule has 1 atom stereocenters. The van der Waals surface area contributed by atoms with Crippen LogP contribution >= 0.6 is 11.6 Å². The zero-order valence-electron chi connectivity index (χ0n) is 10.6. The third kappa shape index (κ3) is 4.28. The summed E-state index contributed by atoms with van der Waals surface area (Å²) in [6, 6.07) is 7.93. The van der Waals surface area contributed by atoms with Gasteiger partial charge in [0, 0.05) is 19.2 Å². The van der Waals surface area contributed by atoms with Crippen molar-refractivity contribution < 1.29 is 9.47 Å². The second-order valence-electron chi connectivity index (χ2n) is 3.80. The Labute approximate surface area is 108 Å². The SMILES string of the molecule is CCNC(Cc1ccccc1Cl)C(OC)OC. The second-order valence-corrected chi connectivity index (χ2v) is 4.21. The van der Waals surface area contributed by atoms with Gasteiger partial charge < -0.3 is 14.8 Å². The van der Waals surface area contributed by atoms with Crippen molar-refractivity contribution >= 4 is 11.6 Å². The molecule has 17 heavy (non-hydrogen) atoms. The van der Waals surface area contributed by atoms with E-state index in [1.54, 1.807) is 14.2 Å². The van der Waals surface area contributed by atoms with Gasteiger partial charge in [-0.05, 0) is 24.6 Å². The predicted octanol–water partition coefficient (Wildman–Crippen LogP) is 2.48. The van der Waals surface area contributed by atoms with E-state index in [1.165, 1.54) is 0 Å². The lowest BCUT2D eigenvalue weighted by Gasteiger charge is -2.25. The Bertz CT molecular complexity index is 329. The fraction of sp³-hybridized carbons (Fsp3) is 0.538. The molecule has 0 radical (unpaired) electrons. The fourth-order valence-corrected chi connectivity index (χ4v) is 2.07. The number of methoxy groups -OCH3 is 2. The Hall–Kier alpha value is -0.610. The van der Waals surface area contributed by atoms with Gasteiger partial charge >= 0.3 is 0 Å². The maximum Gasteiger partial charge on any atom is 0.172 e. The third-order valence-corrected chi connectivity index (χ3v) is 3.03. The van der Waals surface area contributed by atoms with Crippen LogP contribution in [0.15, 0.2) is 24.3 Å². The number of halogens is 1. The number of likely N-dealkylation sites (N-methyl/N-ethyl adjacent to an activating group) is 1. The van der Waals surface area contributed by atoms with Crippen LogP contribution in [0, 0.1) is 0 Å². The highest BCUT2D eigenvalue weighted by atomic mass is 35.5. The Morgan fingerprint density at radius 3 is 2.41 bits per heavy atom. The Kier molecular flexibility index (Phi) is 6.52. The average Bonchev–Trinajstić information content (AvgIpc) is 2.34. The Morgan fingerprint density at radius 2 is 1.88 bits per heavy atom. The highest BCUT2D eigenvalue weighted by molar-refractivity contribution is 6.31. The lowest BCUT2D eigenvalue weighted by Crippen LogP contribution is -2.43. The topological polar surface area (TPSA) is 30.5 Å². The van der Waals surface area contributed by atoms with E-state index in [0.717, 1.165) is 23.6 Å². The first-order valence-corrected chi connectivity index (χ1v) is 6.13. The fourth-order valence-electron chi connectivity index (χ4n) is 1.85. The van der Waals surface area contributed by atoms with Crippen LogP contribution in [0.4, 0.5) is 0 Å².